The first-order chi connectivity index (χ1) is 16.4. The average molecular weight is 463 g/mol. The van der Waals surface area contributed by atoms with E-state index in [4.69, 9.17) is 4.74 Å². The molecule has 4 rings (SSSR count). The van der Waals surface area contributed by atoms with Crippen LogP contribution in [0.25, 0.3) is 11.1 Å². The van der Waals surface area contributed by atoms with E-state index in [1.54, 1.807) is 12.1 Å². The van der Waals surface area contributed by atoms with Crippen molar-refractivity contribution in [3.63, 3.8) is 0 Å². The van der Waals surface area contributed by atoms with Gasteiger partial charge in [0.1, 0.15) is 11.4 Å². The lowest BCUT2D eigenvalue weighted by Gasteiger charge is -2.22. The molecule has 9 heteroatoms. The number of aliphatic hydroxyl groups excluding tert-OH is 1. The van der Waals surface area contributed by atoms with Crippen LogP contribution in [0.4, 0.5) is 4.79 Å². The second-order valence-corrected chi connectivity index (χ2v) is 8.09. The number of carbonyl (C=O) groups excluding carboxylic acids is 2. The summed E-state index contributed by atoms with van der Waals surface area (Å²) >= 11 is 0. The Kier molecular flexibility index (Phi) is 6.53. The van der Waals surface area contributed by atoms with Crippen LogP contribution in [-0.2, 0) is 9.59 Å². The third kappa shape index (κ3) is 4.88. The molecule has 0 aromatic heterocycles. The Morgan fingerprint density at radius 2 is 1.91 bits per heavy atom. The van der Waals surface area contributed by atoms with Gasteiger partial charge in [-0.15, -0.1) is 0 Å². The zero-order valence-corrected chi connectivity index (χ0v) is 18.6. The Bertz CT molecular complexity index is 1200. The maximum absolute atomic E-state index is 12.8. The van der Waals surface area contributed by atoms with E-state index in [1.807, 2.05) is 36.4 Å². The molecule has 0 spiro atoms. The minimum absolute atomic E-state index is 0.108. The number of aliphatic carboxylic acids is 1. The third-order valence-electron chi connectivity index (χ3n) is 5.81. The summed E-state index contributed by atoms with van der Waals surface area (Å²) in [7, 11) is 1.50. The van der Waals surface area contributed by atoms with Crippen molar-refractivity contribution >= 4 is 17.8 Å². The fourth-order valence-electron chi connectivity index (χ4n) is 4.16. The zero-order valence-electron chi connectivity index (χ0n) is 18.6. The number of carboxylic acid groups (broad SMARTS) is 1. The number of aliphatic hydroxyl groups is 1. The smallest absolute Gasteiger partial charge is 0.319 e. The summed E-state index contributed by atoms with van der Waals surface area (Å²) in [4.78, 5) is 36.8. The molecular formula is C25H25N3O6. The van der Waals surface area contributed by atoms with Crippen LogP contribution in [0.2, 0.25) is 0 Å². The van der Waals surface area contributed by atoms with Gasteiger partial charge < -0.3 is 30.9 Å². The van der Waals surface area contributed by atoms with Crippen molar-refractivity contribution < 1.29 is 29.3 Å². The molecule has 0 saturated carbocycles. The Balaban J connectivity index is 1.60. The Morgan fingerprint density at radius 1 is 1.15 bits per heavy atom. The molecule has 9 nitrogen and oxygen atoms in total. The number of allylic oxidation sites excluding steroid dienone is 1. The highest BCUT2D eigenvalue weighted by atomic mass is 16.5. The summed E-state index contributed by atoms with van der Waals surface area (Å²) < 4.78 is 5.39. The molecule has 1 atom stereocenters. The molecule has 1 heterocycles. The number of Topliss-reactive ketones (excluding diaryl/α,β-unsaturated/α-hetero) is 1. The summed E-state index contributed by atoms with van der Waals surface area (Å²) in [6.45, 7) is 0.613. The van der Waals surface area contributed by atoms with Gasteiger partial charge in [-0.1, -0.05) is 30.3 Å². The molecule has 1 unspecified atom stereocenters. The number of nitrogens with one attached hydrogen (secondary N) is 3. The number of methoxy groups -OCH3 is 1. The van der Waals surface area contributed by atoms with Gasteiger partial charge in [0.2, 0.25) is 0 Å². The maximum atomic E-state index is 12.8. The second-order valence-electron chi connectivity index (χ2n) is 8.09. The maximum Gasteiger partial charge on any atom is 0.319 e. The topological polar surface area (TPSA) is 137 Å². The number of benzene rings is 2. The van der Waals surface area contributed by atoms with Gasteiger partial charge >= 0.3 is 12.0 Å². The molecule has 0 radical (unpaired) electrons. The molecule has 1 aliphatic heterocycles. The lowest BCUT2D eigenvalue weighted by atomic mass is 9.97. The second kappa shape index (κ2) is 9.70. The fourth-order valence-corrected chi connectivity index (χ4v) is 4.16. The predicted octanol–water partition coefficient (Wildman–Crippen LogP) is 3.17. The summed E-state index contributed by atoms with van der Waals surface area (Å²) in [5, 5.41) is 28.0. The monoisotopic (exact) mass is 463 g/mol. The van der Waals surface area contributed by atoms with E-state index in [2.05, 4.69) is 16.0 Å². The molecule has 0 saturated heterocycles. The number of hydrogen-bond donors (Lipinski definition) is 5. The molecular weight excluding hydrogens is 438 g/mol. The number of amides is 2. The summed E-state index contributed by atoms with van der Waals surface area (Å²) in [5.41, 5.74) is 3.28. The zero-order chi connectivity index (χ0) is 24.2. The van der Waals surface area contributed by atoms with Gasteiger partial charge in [-0.2, -0.15) is 0 Å². The Hall–Kier alpha value is -4.27. The third-order valence-corrected chi connectivity index (χ3v) is 5.81. The predicted molar refractivity (Wildman–Crippen MR) is 124 cm³/mol. The average Bonchev–Trinajstić information content (AvgIpc) is 3.30. The molecule has 34 heavy (non-hydrogen) atoms. The van der Waals surface area contributed by atoms with Gasteiger partial charge in [0.25, 0.3) is 0 Å². The molecule has 176 valence electrons. The van der Waals surface area contributed by atoms with Gasteiger partial charge in [-0.25, -0.2) is 4.79 Å². The van der Waals surface area contributed by atoms with Gasteiger partial charge in [0, 0.05) is 13.0 Å². The first kappa shape index (κ1) is 22.9. The lowest BCUT2D eigenvalue weighted by Crippen LogP contribution is -2.41. The van der Waals surface area contributed by atoms with Crippen molar-refractivity contribution in [1.82, 2.24) is 16.0 Å². The fraction of sp³-hybridized carbons (Fsp3) is 0.240. The van der Waals surface area contributed by atoms with E-state index in [0.29, 0.717) is 30.0 Å². The molecule has 2 aliphatic rings. The van der Waals surface area contributed by atoms with Gasteiger partial charge in [-0.3, -0.25) is 9.59 Å². The van der Waals surface area contributed by atoms with Crippen molar-refractivity contribution in [1.29, 1.82) is 0 Å². The lowest BCUT2D eigenvalue weighted by molar-refractivity contribution is -0.137. The Labute approximate surface area is 196 Å². The number of hydrogen-bond acceptors (Lipinski definition) is 6. The number of carbonyl (C=O) groups is 3. The number of ketones is 1. The standard InChI is InChI=1S/C25H25N3O6/c1-34-18-10-16(14-5-3-2-4-6-14)9-17(11-18)19(13-21(30)31)27-25(33)28-23-20(29)12-15-7-8-26-22(15)24(23)32/h2-6,9-11,19,26,32H,7-8,12-13H2,1H3,(H,30,31)(H2,27,28,33). The Morgan fingerprint density at radius 3 is 2.62 bits per heavy atom. The van der Waals surface area contributed by atoms with Crippen molar-refractivity contribution in [2.75, 3.05) is 13.7 Å². The summed E-state index contributed by atoms with van der Waals surface area (Å²) in [6.07, 6.45) is 0.367. The van der Waals surface area contributed by atoms with Gasteiger partial charge in [0.15, 0.2) is 11.5 Å². The van der Waals surface area contributed by atoms with Crippen molar-refractivity contribution in [3.8, 4) is 16.9 Å². The molecule has 2 amide bonds. The van der Waals surface area contributed by atoms with Crippen LogP contribution >= 0.6 is 0 Å². The van der Waals surface area contributed by atoms with E-state index < -0.39 is 30.2 Å². The highest BCUT2D eigenvalue weighted by Gasteiger charge is 2.32. The van der Waals surface area contributed by atoms with E-state index in [0.717, 1.165) is 16.7 Å². The van der Waals surface area contributed by atoms with Crippen LogP contribution in [0.5, 0.6) is 5.75 Å². The van der Waals surface area contributed by atoms with E-state index >= 15 is 0 Å². The van der Waals surface area contributed by atoms with Crippen LogP contribution in [-0.4, -0.2) is 41.7 Å². The minimum Gasteiger partial charge on any atom is -0.504 e. The molecule has 0 bridgehead atoms. The number of rotatable bonds is 7. The quantitative estimate of drug-likeness (QED) is 0.425. The number of urea groups is 1. The van der Waals surface area contributed by atoms with E-state index in [-0.39, 0.29) is 17.9 Å². The molecule has 1 aliphatic carbocycles. The first-order valence-corrected chi connectivity index (χ1v) is 10.8. The normalized spacial score (nSPS) is 16.0. The number of carboxylic acids is 1. The van der Waals surface area contributed by atoms with Crippen molar-refractivity contribution in [2.24, 2.45) is 0 Å². The molecule has 2 aromatic carbocycles. The first-order valence-electron chi connectivity index (χ1n) is 10.8. The molecule has 5 N–H and O–H groups in total. The molecule has 2 aromatic rings. The van der Waals surface area contributed by atoms with Crippen LogP contribution in [0.1, 0.15) is 30.9 Å². The van der Waals surface area contributed by atoms with Crippen molar-refractivity contribution in [3.05, 3.63) is 76.8 Å². The van der Waals surface area contributed by atoms with E-state index in [1.165, 1.54) is 7.11 Å². The summed E-state index contributed by atoms with van der Waals surface area (Å²) in [6, 6.07) is 13.0. The van der Waals surface area contributed by atoms with Crippen LogP contribution in [0.3, 0.4) is 0 Å². The van der Waals surface area contributed by atoms with E-state index in [9.17, 15) is 24.6 Å². The van der Waals surface area contributed by atoms with Crippen molar-refractivity contribution in [2.45, 2.75) is 25.3 Å². The number of ether oxygens (including phenoxy) is 1. The van der Waals surface area contributed by atoms with Gasteiger partial charge in [-0.05, 0) is 46.9 Å². The van der Waals surface area contributed by atoms with Crippen LogP contribution in [0.15, 0.2) is 71.3 Å². The highest BCUT2D eigenvalue weighted by molar-refractivity contribution is 6.02. The molecule has 0 fully saturated rings. The van der Waals surface area contributed by atoms with Crippen LogP contribution < -0.4 is 20.7 Å². The van der Waals surface area contributed by atoms with Crippen LogP contribution in [0, 0.1) is 0 Å². The SMILES string of the molecule is COc1cc(-c2ccccc2)cc(C(CC(=O)O)NC(=O)NC2=C(O)C3=C(CCN3)CC2=O)c1. The van der Waals surface area contributed by atoms with Gasteiger partial charge in [0.05, 0.1) is 25.3 Å². The highest BCUT2D eigenvalue weighted by Crippen LogP contribution is 2.31. The summed E-state index contributed by atoms with van der Waals surface area (Å²) in [5.74, 6) is -1.32. The minimum atomic E-state index is -1.12. The largest absolute Gasteiger partial charge is 0.504 e.